The van der Waals surface area contributed by atoms with Gasteiger partial charge >= 0.3 is 6.18 Å². The average Bonchev–Trinajstić information content (AvgIpc) is 3.22. The fourth-order valence-electron chi connectivity index (χ4n) is 4.23. The molecule has 1 aliphatic rings. The highest BCUT2D eigenvalue weighted by Crippen LogP contribution is 2.37. The Morgan fingerprint density at radius 2 is 1.87 bits per heavy atom. The largest absolute Gasteiger partial charge is 0.416 e. The predicted molar refractivity (Wildman–Crippen MR) is 135 cm³/mol. The molecule has 1 aliphatic heterocycles. The summed E-state index contributed by atoms with van der Waals surface area (Å²) >= 11 is 6.01. The van der Waals surface area contributed by atoms with Gasteiger partial charge in [-0.1, -0.05) is 17.7 Å². The third-order valence-electron chi connectivity index (χ3n) is 6.11. The van der Waals surface area contributed by atoms with Crippen molar-refractivity contribution in [1.82, 2.24) is 20.5 Å². The molecule has 0 aliphatic carbocycles. The van der Waals surface area contributed by atoms with Crippen molar-refractivity contribution in [1.29, 1.82) is 0 Å². The fraction of sp³-hybridized carbons (Fsp3) is 0.154. The van der Waals surface area contributed by atoms with E-state index in [0.717, 1.165) is 23.2 Å². The number of rotatable bonds is 4. The van der Waals surface area contributed by atoms with Crippen LogP contribution in [0.3, 0.4) is 0 Å². The minimum Gasteiger partial charge on any atom is -0.343 e. The van der Waals surface area contributed by atoms with E-state index in [9.17, 15) is 18.0 Å². The van der Waals surface area contributed by atoms with Crippen molar-refractivity contribution in [3.8, 4) is 0 Å². The average molecular weight is 543 g/mol. The molecule has 2 aromatic carbocycles. The van der Waals surface area contributed by atoms with Crippen LogP contribution in [0.1, 0.15) is 35.3 Å². The van der Waals surface area contributed by atoms with Crippen molar-refractivity contribution in [3.63, 3.8) is 0 Å². The molecule has 1 atom stereocenters. The number of aliphatic imine (C=N–C) groups is 1. The highest BCUT2D eigenvalue weighted by Gasteiger charge is 2.35. The summed E-state index contributed by atoms with van der Waals surface area (Å²) in [6, 6.07) is 9.16. The van der Waals surface area contributed by atoms with Crippen LogP contribution in [-0.2, 0) is 11.0 Å². The first-order chi connectivity index (χ1) is 18.0. The summed E-state index contributed by atoms with van der Waals surface area (Å²) in [7, 11) is 0. The molecule has 4 aromatic rings. The fourth-order valence-corrected chi connectivity index (χ4v) is 4.41. The van der Waals surface area contributed by atoms with Crippen LogP contribution in [0.4, 0.5) is 23.2 Å². The van der Waals surface area contributed by atoms with Gasteiger partial charge in [0.05, 0.1) is 16.7 Å². The molecule has 38 heavy (non-hydrogen) atoms. The first-order valence-electron chi connectivity index (χ1n) is 11.3. The summed E-state index contributed by atoms with van der Waals surface area (Å²) in [4.78, 5) is 22.0. The van der Waals surface area contributed by atoms with Crippen LogP contribution in [0.15, 0.2) is 71.0 Å². The second-order valence-corrected chi connectivity index (χ2v) is 9.07. The molecule has 1 amide bonds. The third-order valence-corrected chi connectivity index (χ3v) is 6.32. The molecule has 12 heteroatoms. The SMILES string of the molecule is CC1=C(C(=O)Nc2ccc3n[nH]c(C)c3c2)C(c2ccc(C(F)(F)F)cc2F)N=C(c2ccnc(Cl)c2)N1. The molecule has 5 rings (SSSR count). The molecule has 1 unspecified atom stereocenters. The van der Waals surface area contributed by atoms with Gasteiger partial charge in [0.1, 0.15) is 22.8 Å². The Kier molecular flexibility index (Phi) is 6.39. The number of carbonyl (C=O) groups excluding carboxylic acids is 1. The number of amidine groups is 1. The van der Waals surface area contributed by atoms with Gasteiger partial charge in [0.2, 0.25) is 0 Å². The Labute approximate surface area is 218 Å². The molecule has 7 nitrogen and oxygen atoms in total. The molecule has 194 valence electrons. The summed E-state index contributed by atoms with van der Waals surface area (Å²) in [6.45, 7) is 3.44. The normalized spacial score (nSPS) is 15.9. The maximum absolute atomic E-state index is 15.1. The molecule has 0 spiro atoms. The standard InChI is InChI=1S/C26H19ClF4N6O/c1-12-18-11-16(4-6-20(18)37-36-12)34-25(38)22-13(2)33-24(14-7-8-32-21(27)9-14)35-23(22)17-5-3-15(10-19(17)28)26(29,30)31/h3-11,23H,1-2H3,(H,33,35)(H,34,38)(H,36,37). The van der Waals surface area contributed by atoms with Crippen molar-refractivity contribution < 1.29 is 22.4 Å². The van der Waals surface area contributed by atoms with E-state index in [1.54, 1.807) is 31.2 Å². The molecule has 0 saturated carbocycles. The number of nitrogens with one attached hydrogen (secondary N) is 3. The van der Waals surface area contributed by atoms with Crippen LogP contribution in [0.5, 0.6) is 0 Å². The van der Waals surface area contributed by atoms with Gasteiger partial charge in [0.15, 0.2) is 0 Å². The van der Waals surface area contributed by atoms with Gasteiger partial charge in [-0.2, -0.15) is 18.3 Å². The monoisotopic (exact) mass is 542 g/mol. The number of amides is 1. The van der Waals surface area contributed by atoms with Gasteiger partial charge in [0, 0.05) is 39.8 Å². The summed E-state index contributed by atoms with van der Waals surface area (Å²) in [5.41, 5.74) is 1.51. The highest BCUT2D eigenvalue weighted by atomic mass is 35.5. The maximum atomic E-state index is 15.1. The number of alkyl halides is 3. The number of pyridine rings is 1. The Morgan fingerprint density at radius 3 is 2.58 bits per heavy atom. The third kappa shape index (κ3) is 4.84. The molecule has 0 bridgehead atoms. The molecular formula is C26H19ClF4N6O. The summed E-state index contributed by atoms with van der Waals surface area (Å²) in [6.07, 6.45) is -3.28. The van der Waals surface area contributed by atoms with Gasteiger partial charge < -0.3 is 10.6 Å². The van der Waals surface area contributed by atoms with Crippen LogP contribution in [-0.4, -0.2) is 26.9 Å². The van der Waals surface area contributed by atoms with Gasteiger partial charge in [-0.3, -0.25) is 14.9 Å². The Bertz CT molecular complexity index is 1640. The van der Waals surface area contributed by atoms with Gasteiger partial charge in [-0.25, -0.2) is 9.37 Å². The number of hydrogen-bond acceptors (Lipinski definition) is 5. The second-order valence-electron chi connectivity index (χ2n) is 8.68. The van der Waals surface area contributed by atoms with Crippen LogP contribution in [0.2, 0.25) is 5.15 Å². The van der Waals surface area contributed by atoms with Crippen LogP contribution in [0.25, 0.3) is 10.9 Å². The van der Waals surface area contributed by atoms with Gasteiger partial charge in [-0.15, -0.1) is 0 Å². The number of hydrogen-bond donors (Lipinski definition) is 3. The minimum atomic E-state index is -4.73. The quantitative estimate of drug-likeness (QED) is 0.215. The molecule has 0 radical (unpaired) electrons. The lowest BCUT2D eigenvalue weighted by Crippen LogP contribution is -2.34. The van der Waals surface area contributed by atoms with Crippen molar-refractivity contribution in [3.05, 3.63) is 99.4 Å². The number of halogens is 5. The first kappa shape index (κ1) is 25.4. The van der Waals surface area contributed by atoms with E-state index in [1.165, 1.54) is 12.3 Å². The molecule has 0 fully saturated rings. The summed E-state index contributed by atoms with van der Waals surface area (Å²) in [5, 5.41) is 13.8. The lowest BCUT2D eigenvalue weighted by molar-refractivity contribution is -0.137. The van der Waals surface area contributed by atoms with Gasteiger partial charge in [0.25, 0.3) is 5.91 Å². The zero-order valence-electron chi connectivity index (χ0n) is 19.9. The number of aromatic amines is 1. The zero-order valence-corrected chi connectivity index (χ0v) is 20.7. The van der Waals surface area contributed by atoms with Crippen LogP contribution in [0, 0.1) is 12.7 Å². The number of aromatic nitrogens is 3. The highest BCUT2D eigenvalue weighted by molar-refractivity contribution is 6.29. The topological polar surface area (TPSA) is 95.1 Å². The maximum Gasteiger partial charge on any atom is 0.416 e. The van der Waals surface area contributed by atoms with Crippen LogP contribution < -0.4 is 10.6 Å². The number of anilines is 1. The van der Waals surface area contributed by atoms with E-state index < -0.39 is 29.5 Å². The smallest absolute Gasteiger partial charge is 0.343 e. The lowest BCUT2D eigenvalue weighted by Gasteiger charge is -2.27. The molecular weight excluding hydrogens is 524 g/mol. The molecule has 3 heterocycles. The van der Waals surface area contributed by atoms with E-state index in [1.807, 2.05) is 6.92 Å². The summed E-state index contributed by atoms with van der Waals surface area (Å²) < 4.78 is 54.7. The van der Waals surface area contributed by atoms with Crippen molar-refractivity contribution in [2.24, 2.45) is 4.99 Å². The minimum absolute atomic E-state index is 0.0385. The number of nitrogens with zero attached hydrogens (tertiary/aromatic N) is 3. The number of allylic oxidation sites excluding steroid dienone is 1. The Morgan fingerprint density at radius 1 is 1.08 bits per heavy atom. The van der Waals surface area contributed by atoms with Crippen molar-refractivity contribution >= 4 is 39.9 Å². The van der Waals surface area contributed by atoms with E-state index in [2.05, 4.69) is 30.8 Å². The Hall–Kier alpha value is -4.25. The second kappa shape index (κ2) is 9.56. The first-order valence-corrected chi connectivity index (χ1v) is 11.7. The predicted octanol–water partition coefficient (Wildman–Crippen LogP) is 6.08. The number of fused-ring (bicyclic) bond motifs is 1. The van der Waals surface area contributed by atoms with E-state index >= 15 is 4.39 Å². The van der Waals surface area contributed by atoms with E-state index in [-0.39, 0.29) is 22.1 Å². The zero-order chi connectivity index (χ0) is 27.2. The summed E-state index contributed by atoms with van der Waals surface area (Å²) in [5.74, 6) is -1.49. The molecule has 2 aromatic heterocycles. The van der Waals surface area contributed by atoms with E-state index in [4.69, 9.17) is 11.6 Å². The number of H-pyrrole nitrogens is 1. The molecule has 0 saturated heterocycles. The number of carbonyl (C=O) groups is 1. The van der Waals surface area contributed by atoms with Gasteiger partial charge in [-0.05, 0) is 56.3 Å². The van der Waals surface area contributed by atoms with E-state index in [0.29, 0.717) is 28.5 Å². The van der Waals surface area contributed by atoms with Crippen LogP contribution >= 0.6 is 11.6 Å². The number of benzene rings is 2. The lowest BCUT2D eigenvalue weighted by atomic mass is 9.93. The van der Waals surface area contributed by atoms with Crippen molar-refractivity contribution in [2.75, 3.05) is 5.32 Å². The van der Waals surface area contributed by atoms with Crippen molar-refractivity contribution in [2.45, 2.75) is 26.1 Å². The molecule has 3 N–H and O–H groups in total. The number of aryl methyl sites for hydroxylation is 1. The Balaban J connectivity index is 1.57.